The van der Waals surface area contributed by atoms with Gasteiger partial charge in [0.1, 0.15) is 0 Å². The van der Waals surface area contributed by atoms with E-state index in [2.05, 4.69) is 0 Å². The number of benzene rings is 1. The molecule has 1 saturated heterocycles. The number of carbonyl (C=O) groups is 1. The third kappa shape index (κ3) is 3.66. The maximum absolute atomic E-state index is 13.3. The number of rotatable bonds is 3. The fourth-order valence-electron chi connectivity index (χ4n) is 3.57. The molecule has 6 heteroatoms. The van der Waals surface area contributed by atoms with Gasteiger partial charge in [-0.25, -0.2) is 8.78 Å². The summed E-state index contributed by atoms with van der Waals surface area (Å²) in [6.07, 6.45) is 3.78. The molecule has 23 heavy (non-hydrogen) atoms. The molecule has 2 fully saturated rings. The predicted molar refractivity (Wildman–Crippen MR) is 87.5 cm³/mol. The first-order valence-corrected chi connectivity index (χ1v) is 8.00. The van der Waals surface area contributed by atoms with E-state index in [1.807, 2.05) is 11.8 Å². The van der Waals surface area contributed by atoms with Gasteiger partial charge in [-0.1, -0.05) is 6.07 Å². The number of hydrogen-bond donors (Lipinski definition) is 1. The number of halogens is 3. The SMILES string of the molecule is CC(N)C1CCCCN1C(=O)C1CC1c1ccc(F)c(F)c1.Cl. The van der Waals surface area contributed by atoms with Crippen molar-refractivity contribution in [2.45, 2.75) is 50.6 Å². The molecule has 0 radical (unpaired) electrons. The number of carbonyl (C=O) groups excluding carboxylic acids is 1. The lowest BCUT2D eigenvalue weighted by molar-refractivity contribution is -0.136. The second-order valence-corrected chi connectivity index (χ2v) is 6.58. The Bertz CT molecular complexity index is 582. The Morgan fingerprint density at radius 1 is 1.30 bits per heavy atom. The van der Waals surface area contributed by atoms with Crippen LogP contribution in [-0.2, 0) is 4.79 Å². The van der Waals surface area contributed by atoms with E-state index in [9.17, 15) is 13.6 Å². The van der Waals surface area contributed by atoms with Crippen LogP contribution < -0.4 is 5.73 Å². The number of amides is 1. The van der Waals surface area contributed by atoms with Gasteiger partial charge in [0, 0.05) is 24.5 Å². The van der Waals surface area contributed by atoms with E-state index < -0.39 is 11.6 Å². The summed E-state index contributed by atoms with van der Waals surface area (Å²) in [5.41, 5.74) is 6.73. The second-order valence-electron chi connectivity index (χ2n) is 6.58. The number of nitrogens with zero attached hydrogens (tertiary/aromatic N) is 1. The van der Waals surface area contributed by atoms with Gasteiger partial charge in [-0.2, -0.15) is 0 Å². The molecule has 2 N–H and O–H groups in total. The smallest absolute Gasteiger partial charge is 0.226 e. The van der Waals surface area contributed by atoms with Crippen LogP contribution in [0.5, 0.6) is 0 Å². The molecule has 4 unspecified atom stereocenters. The molecule has 1 saturated carbocycles. The Balaban J connectivity index is 0.00000192. The minimum atomic E-state index is -0.847. The molecule has 1 amide bonds. The van der Waals surface area contributed by atoms with Crippen LogP contribution in [0.2, 0.25) is 0 Å². The normalized spacial score (nSPS) is 28.0. The van der Waals surface area contributed by atoms with E-state index in [-0.39, 0.29) is 42.2 Å². The number of hydrogen-bond acceptors (Lipinski definition) is 2. The van der Waals surface area contributed by atoms with Crippen molar-refractivity contribution in [2.75, 3.05) is 6.54 Å². The summed E-state index contributed by atoms with van der Waals surface area (Å²) in [6.45, 7) is 2.70. The number of nitrogens with two attached hydrogens (primary N) is 1. The first kappa shape index (κ1) is 18.1. The molecule has 0 bridgehead atoms. The Morgan fingerprint density at radius 2 is 2.04 bits per heavy atom. The van der Waals surface area contributed by atoms with Gasteiger partial charge in [-0.3, -0.25) is 4.79 Å². The monoisotopic (exact) mass is 344 g/mol. The highest BCUT2D eigenvalue weighted by Gasteiger charge is 2.47. The second kappa shape index (κ2) is 7.14. The number of likely N-dealkylation sites (tertiary alicyclic amines) is 1. The average molecular weight is 345 g/mol. The third-order valence-corrected chi connectivity index (χ3v) is 4.92. The van der Waals surface area contributed by atoms with Crippen molar-refractivity contribution in [1.82, 2.24) is 4.90 Å². The van der Waals surface area contributed by atoms with Gasteiger partial charge in [0.05, 0.1) is 0 Å². The summed E-state index contributed by atoms with van der Waals surface area (Å²) in [4.78, 5) is 14.6. The minimum absolute atomic E-state index is 0. The van der Waals surface area contributed by atoms with Gasteiger partial charge in [0.25, 0.3) is 0 Å². The van der Waals surface area contributed by atoms with Crippen LogP contribution in [0.15, 0.2) is 18.2 Å². The first-order valence-electron chi connectivity index (χ1n) is 8.00. The highest BCUT2D eigenvalue weighted by molar-refractivity contribution is 5.85. The summed E-state index contributed by atoms with van der Waals surface area (Å²) >= 11 is 0. The number of piperidine rings is 1. The topological polar surface area (TPSA) is 46.3 Å². The summed E-state index contributed by atoms with van der Waals surface area (Å²) in [5, 5.41) is 0. The zero-order valence-corrected chi connectivity index (χ0v) is 14.0. The lowest BCUT2D eigenvalue weighted by atomic mass is 9.96. The van der Waals surface area contributed by atoms with E-state index in [0.29, 0.717) is 12.0 Å². The van der Waals surface area contributed by atoms with Crippen molar-refractivity contribution in [2.24, 2.45) is 11.7 Å². The zero-order valence-electron chi connectivity index (χ0n) is 13.2. The van der Waals surface area contributed by atoms with Crippen LogP contribution in [0, 0.1) is 17.6 Å². The molecule has 3 nitrogen and oxygen atoms in total. The van der Waals surface area contributed by atoms with Crippen LogP contribution in [0.25, 0.3) is 0 Å². The molecule has 0 aromatic heterocycles. The van der Waals surface area contributed by atoms with E-state index in [1.54, 1.807) is 6.07 Å². The lowest BCUT2D eigenvalue weighted by Gasteiger charge is -2.38. The van der Waals surface area contributed by atoms with Crippen molar-refractivity contribution < 1.29 is 13.6 Å². The van der Waals surface area contributed by atoms with Crippen LogP contribution in [0.3, 0.4) is 0 Å². The van der Waals surface area contributed by atoms with Gasteiger partial charge in [-0.05, 0) is 56.2 Å². The van der Waals surface area contributed by atoms with E-state index >= 15 is 0 Å². The highest BCUT2D eigenvalue weighted by Crippen LogP contribution is 2.49. The van der Waals surface area contributed by atoms with E-state index in [0.717, 1.165) is 31.9 Å². The standard InChI is InChI=1S/C17H22F2N2O.ClH/c1-10(20)16-4-2-3-7-21(16)17(22)13-9-12(13)11-5-6-14(18)15(19)8-11;/h5-6,8,10,12-13,16H,2-4,7,9,20H2,1H3;1H. The molecule has 1 aromatic carbocycles. The molecule has 3 rings (SSSR count). The molecule has 1 aliphatic carbocycles. The van der Waals surface area contributed by atoms with Crippen molar-refractivity contribution >= 4 is 18.3 Å². The Hall–Kier alpha value is -1.20. The maximum Gasteiger partial charge on any atom is 0.226 e. The first-order chi connectivity index (χ1) is 10.5. The molecule has 128 valence electrons. The molecule has 2 aliphatic rings. The summed E-state index contributed by atoms with van der Waals surface area (Å²) in [5.74, 6) is -1.67. The lowest BCUT2D eigenvalue weighted by Crippen LogP contribution is -2.52. The largest absolute Gasteiger partial charge is 0.338 e. The Kier molecular flexibility index (Phi) is 5.63. The molecule has 1 aliphatic heterocycles. The highest BCUT2D eigenvalue weighted by atomic mass is 35.5. The Labute approximate surface area is 141 Å². The fraction of sp³-hybridized carbons (Fsp3) is 0.588. The molecular weight excluding hydrogens is 322 g/mol. The molecular formula is C17H23ClF2N2O. The van der Waals surface area contributed by atoms with Crippen LogP contribution in [-0.4, -0.2) is 29.4 Å². The molecule has 1 heterocycles. The zero-order chi connectivity index (χ0) is 15.9. The van der Waals surface area contributed by atoms with Crippen molar-refractivity contribution in [1.29, 1.82) is 0 Å². The van der Waals surface area contributed by atoms with Crippen molar-refractivity contribution in [3.63, 3.8) is 0 Å². The minimum Gasteiger partial charge on any atom is -0.338 e. The predicted octanol–water partition coefficient (Wildman–Crippen LogP) is 3.22. The van der Waals surface area contributed by atoms with Crippen LogP contribution in [0.4, 0.5) is 8.78 Å². The van der Waals surface area contributed by atoms with Gasteiger partial charge in [0.15, 0.2) is 11.6 Å². The van der Waals surface area contributed by atoms with Crippen molar-refractivity contribution in [3.8, 4) is 0 Å². The summed E-state index contributed by atoms with van der Waals surface area (Å²) < 4.78 is 26.3. The van der Waals surface area contributed by atoms with Gasteiger partial charge < -0.3 is 10.6 Å². The van der Waals surface area contributed by atoms with Gasteiger partial charge in [-0.15, -0.1) is 12.4 Å². The van der Waals surface area contributed by atoms with Gasteiger partial charge in [0.2, 0.25) is 5.91 Å². The molecule has 4 atom stereocenters. The maximum atomic E-state index is 13.3. The van der Waals surface area contributed by atoms with Crippen LogP contribution >= 0.6 is 12.4 Å². The summed E-state index contributed by atoms with van der Waals surface area (Å²) in [7, 11) is 0. The Morgan fingerprint density at radius 3 is 2.70 bits per heavy atom. The average Bonchev–Trinajstić information content (AvgIpc) is 3.30. The quantitative estimate of drug-likeness (QED) is 0.915. The van der Waals surface area contributed by atoms with Gasteiger partial charge >= 0.3 is 0 Å². The molecule has 0 spiro atoms. The fourth-order valence-corrected chi connectivity index (χ4v) is 3.57. The summed E-state index contributed by atoms with van der Waals surface area (Å²) in [6, 6.07) is 4.00. The van der Waals surface area contributed by atoms with E-state index in [4.69, 9.17) is 5.73 Å². The van der Waals surface area contributed by atoms with Crippen LogP contribution in [0.1, 0.15) is 44.1 Å². The third-order valence-electron chi connectivity index (χ3n) is 4.92. The molecule has 1 aromatic rings. The van der Waals surface area contributed by atoms with E-state index in [1.165, 1.54) is 6.07 Å². The van der Waals surface area contributed by atoms with Crippen molar-refractivity contribution in [3.05, 3.63) is 35.4 Å².